The fourth-order valence-corrected chi connectivity index (χ4v) is 2.19. The van der Waals surface area contributed by atoms with Crippen molar-refractivity contribution in [2.75, 3.05) is 6.61 Å². The van der Waals surface area contributed by atoms with Crippen molar-refractivity contribution in [2.24, 2.45) is 15.0 Å². The summed E-state index contributed by atoms with van der Waals surface area (Å²) < 4.78 is 5.52. The van der Waals surface area contributed by atoms with Gasteiger partial charge in [-0.2, -0.15) is 0 Å². The Balaban J connectivity index is 1.89. The summed E-state index contributed by atoms with van der Waals surface area (Å²) in [6.07, 6.45) is 10.6. The van der Waals surface area contributed by atoms with Crippen LogP contribution in [0, 0.1) is 0 Å². The second-order valence-corrected chi connectivity index (χ2v) is 4.84. The van der Waals surface area contributed by atoms with Gasteiger partial charge in [0.05, 0.1) is 17.8 Å². The lowest BCUT2D eigenvalue weighted by atomic mass is 10.2. The summed E-state index contributed by atoms with van der Waals surface area (Å²) in [6, 6.07) is 7.93. The van der Waals surface area contributed by atoms with E-state index in [9.17, 15) is 0 Å². The van der Waals surface area contributed by atoms with Crippen LogP contribution in [0.2, 0.25) is 0 Å². The Labute approximate surface area is 126 Å². The first kappa shape index (κ1) is 12.6. The lowest BCUT2D eigenvalue weighted by molar-refractivity contribution is 0.338. The van der Waals surface area contributed by atoms with Crippen molar-refractivity contribution >= 4 is 24.4 Å². The van der Waals surface area contributed by atoms with Crippen LogP contribution in [0.1, 0.15) is 5.56 Å². The van der Waals surface area contributed by atoms with E-state index >= 15 is 0 Å². The predicted molar refractivity (Wildman–Crippen MR) is 83.5 cm³/mol. The Kier molecular flexibility index (Phi) is 3.08. The van der Waals surface area contributed by atoms with Crippen molar-refractivity contribution in [3.05, 3.63) is 69.6 Å². The van der Waals surface area contributed by atoms with Crippen LogP contribution in [0.3, 0.4) is 0 Å². The molecule has 0 fully saturated rings. The topological polar surface area (TPSA) is 59.2 Å². The first-order valence-electron chi connectivity index (χ1n) is 6.93. The van der Waals surface area contributed by atoms with E-state index in [4.69, 9.17) is 4.74 Å². The van der Waals surface area contributed by atoms with Gasteiger partial charge in [-0.1, -0.05) is 24.3 Å². The zero-order valence-electron chi connectivity index (χ0n) is 11.7. The van der Waals surface area contributed by atoms with Crippen molar-refractivity contribution in [3.63, 3.8) is 0 Å². The zero-order valence-corrected chi connectivity index (χ0v) is 11.7. The first-order chi connectivity index (χ1) is 10.9. The molecule has 0 bridgehead atoms. The quantitative estimate of drug-likeness (QED) is 0.589. The highest BCUT2D eigenvalue weighted by Crippen LogP contribution is 2.15. The summed E-state index contributed by atoms with van der Waals surface area (Å²) in [5.74, 6) is 0. The number of aliphatic imine (C=N–C) groups is 1. The minimum Gasteiger partial charge on any atom is -0.496 e. The average Bonchev–Trinajstić information content (AvgIpc) is 3.32. The van der Waals surface area contributed by atoms with Crippen LogP contribution < -0.4 is 21.3 Å². The molecule has 0 amide bonds. The Bertz CT molecular complexity index is 1040. The van der Waals surface area contributed by atoms with E-state index in [2.05, 4.69) is 20.0 Å². The lowest BCUT2D eigenvalue weighted by Crippen LogP contribution is -2.23. The van der Waals surface area contributed by atoms with E-state index in [1.54, 1.807) is 31.1 Å². The van der Waals surface area contributed by atoms with Gasteiger partial charge in [0.1, 0.15) is 12.3 Å². The minimum absolute atomic E-state index is 0.455. The van der Waals surface area contributed by atoms with Crippen LogP contribution in [-0.4, -0.2) is 17.8 Å². The van der Waals surface area contributed by atoms with Crippen molar-refractivity contribution in [1.29, 1.82) is 0 Å². The molecule has 2 aliphatic rings. The highest BCUT2D eigenvalue weighted by molar-refractivity contribution is 5.88. The maximum atomic E-state index is 5.52. The summed E-state index contributed by atoms with van der Waals surface area (Å²) in [6.45, 7) is 0.455. The summed E-state index contributed by atoms with van der Waals surface area (Å²) in [5.41, 5.74) is 2.54. The minimum atomic E-state index is 0.455. The smallest absolute Gasteiger partial charge is 0.179 e. The van der Waals surface area contributed by atoms with Crippen molar-refractivity contribution < 1.29 is 4.74 Å². The molecule has 0 spiro atoms. The first-order valence-corrected chi connectivity index (χ1v) is 6.93. The van der Waals surface area contributed by atoms with Gasteiger partial charge in [-0.25, -0.2) is 9.98 Å². The number of ether oxygens (including phenoxy) is 1. The van der Waals surface area contributed by atoms with Crippen molar-refractivity contribution in [3.8, 4) is 0 Å². The molecule has 4 rings (SSSR count). The predicted octanol–water partition coefficient (Wildman–Crippen LogP) is 0.105. The van der Waals surface area contributed by atoms with Gasteiger partial charge in [-0.3, -0.25) is 9.98 Å². The molecule has 106 valence electrons. The molecule has 2 aliphatic heterocycles. The highest BCUT2D eigenvalue weighted by Gasteiger charge is 2.15. The standard InChI is InChI=1S/C17H12N4O/c1-2-5-13-11-22-7-3-6-19-15-10-20-17-16(21-17)14(15)9-18-8-12(13)4-1/h1-6,8-11H,7H2. The summed E-state index contributed by atoms with van der Waals surface area (Å²) in [5, 5.41) is 2.73. The molecule has 0 saturated carbocycles. The number of hydrogen-bond acceptors (Lipinski definition) is 5. The Morgan fingerprint density at radius 1 is 1.09 bits per heavy atom. The average molecular weight is 288 g/mol. The molecule has 2 aromatic rings. The summed E-state index contributed by atoms with van der Waals surface area (Å²) in [4.78, 5) is 17.2. The van der Waals surface area contributed by atoms with Crippen molar-refractivity contribution in [2.45, 2.75) is 0 Å². The third-order valence-corrected chi connectivity index (χ3v) is 3.35. The third-order valence-electron chi connectivity index (χ3n) is 3.35. The maximum Gasteiger partial charge on any atom is 0.179 e. The summed E-state index contributed by atoms with van der Waals surface area (Å²) in [7, 11) is 0. The Hall–Kier alpha value is -3.08. The molecule has 5 heteroatoms. The normalized spacial score (nSPS) is 14.7. The molecular formula is C17H12N4O. The van der Waals surface area contributed by atoms with E-state index in [1.165, 1.54) is 0 Å². The fraction of sp³-hybridized carbons (Fsp3) is 0.0588. The second kappa shape index (κ2) is 5.37. The van der Waals surface area contributed by atoms with Crippen LogP contribution in [0.5, 0.6) is 0 Å². The molecular weight excluding hydrogens is 276 g/mol. The van der Waals surface area contributed by atoms with Gasteiger partial charge in [0, 0.05) is 34.6 Å². The van der Waals surface area contributed by atoms with E-state index in [1.807, 2.05) is 30.3 Å². The highest BCUT2D eigenvalue weighted by atomic mass is 16.5. The van der Waals surface area contributed by atoms with E-state index in [0.717, 1.165) is 32.5 Å². The molecule has 0 saturated heterocycles. The van der Waals surface area contributed by atoms with Gasteiger partial charge in [-0.05, 0) is 6.08 Å². The number of hydrogen-bond donors (Lipinski definition) is 0. The number of rotatable bonds is 0. The number of fused-ring (bicyclic) bond motifs is 4. The number of pyridine rings is 1. The molecule has 0 radical (unpaired) electrons. The van der Waals surface area contributed by atoms with E-state index in [0.29, 0.717) is 6.61 Å². The van der Waals surface area contributed by atoms with Gasteiger partial charge in [0.2, 0.25) is 0 Å². The molecule has 0 aliphatic carbocycles. The van der Waals surface area contributed by atoms with Crippen LogP contribution in [0.15, 0.2) is 57.7 Å². The van der Waals surface area contributed by atoms with Gasteiger partial charge >= 0.3 is 0 Å². The van der Waals surface area contributed by atoms with E-state index < -0.39 is 0 Å². The Morgan fingerprint density at radius 2 is 2.00 bits per heavy atom. The molecule has 0 N–H and O–H groups in total. The molecule has 1 aromatic carbocycles. The number of benzene rings is 1. The summed E-state index contributed by atoms with van der Waals surface area (Å²) >= 11 is 0. The molecule has 5 nitrogen and oxygen atoms in total. The van der Waals surface area contributed by atoms with Crippen molar-refractivity contribution in [1.82, 2.24) is 4.98 Å². The van der Waals surface area contributed by atoms with Gasteiger partial charge in [-0.15, -0.1) is 0 Å². The van der Waals surface area contributed by atoms with Gasteiger partial charge in [0.15, 0.2) is 5.49 Å². The second-order valence-electron chi connectivity index (χ2n) is 4.84. The van der Waals surface area contributed by atoms with E-state index in [-0.39, 0.29) is 0 Å². The molecule has 3 heterocycles. The Morgan fingerprint density at radius 3 is 2.95 bits per heavy atom. The lowest BCUT2D eigenvalue weighted by Gasteiger charge is -1.94. The monoisotopic (exact) mass is 288 g/mol. The molecule has 0 atom stereocenters. The maximum absolute atomic E-state index is 5.52. The van der Waals surface area contributed by atoms with Crippen LogP contribution >= 0.6 is 0 Å². The van der Waals surface area contributed by atoms with Crippen LogP contribution in [0.4, 0.5) is 5.69 Å². The fourth-order valence-electron chi connectivity index (χ4n) is 2.19. The van der Waals surface area contributed by atoms with Crippen LogP contribution in [0.25, 0.3) is 12.5 Å². The number of aromatic nitrogens is 1. The molecule has 22 heavy (non-hydrogen) atoms. The zero-order chi connectivity index (χ0) is 14.8. The number of nitrogens with zero attached hydrogens (tertiary/aromatic N) is 4. The molecule has 1 aromatic heterocycles. The largest absolute Gasteiger partial charge is 0.496 e. The SMILES string of the molecule is C1=CN=c2cnc3c(c2C=NC=c2ccccc2=COC1)N=3. The third kappa shape index (κ3) is 2.44. The molecule has 0 unspecified atom stereocenters. The van der Waals surface area contributed by atoms with Crippen LogP contribution in [-0.2, 0) is 4.74 Å². The van der Waals surface area contributed by atoms with Gasteiger partial charge < -0.3 is 4.74 Å². The van der Waals surface area contributed by atoms with Gasteiger partial charge in [0.25, 0.3) is 0 Å².